The molecule has 70 valence electrons. The number of carbonyl (C=O) groups is 1. The summed E-state index contributed by atoms with van der Waals surface area (Å²) in [5.41, 5.74) is 0.293. The van der Waals surface area contributed by atoms with Crippen molar-refractivity contribution in [1.29, 1.82) is 0 Å². The molecule has 0 fully saturated rings. The number of thioether (sulfide) groups is 1. The molecule has 0 heterocycles. The highest BCUT2D eigenvalue weighted by Crippen LogP contribution is 2.21. The topological polar surface area (TPSA) is 57.5 Å². The van der Waals surface area contributed by atoms with Crippen LogP contribution in [0.3, 0.4) is 0 Å². The second kappa shape index (κ2) is 4.89. The van der Waals surface area contributed by atoms with E-state index in [1.165, 1.54) is 11.8 Å². The van der Waals surface area contributed by atoms with Gasteiger partial charge >= 0.3 is 5.97 Å². The lowest BCUT2D eigenvalue weighted by molar-refractivity contribution is 0.0693. The first-order valence-electron chi connectivity index (χ1n) is 3.81. The Morgan fingerprint density at radius 2 is 2.08 bits per heavy atom. The highest BCUT2D eigenvalue weighted by Gasteiger charge is 2.08. The molecule has 1 aromatic rings. The van der Waals surface area contributed by atoms with Crippen molar-refractivity contribution in [2.24, 2.45) is 0 Å². The summed E-state index contributed by atoms with van der Waals surface area (Å²) in [6.07, 6.45) is 0. The van der Waals surface area contributed by atoms with E-state index in [1.54, 1.807) is 24.3 Å². The number of aromatic carboxylic acids is 1. The quantitative estimate of drug-likeness (QED) is 0.719. The van der Waals surface area contributed by atoms with Crippen LogP contribution in [0.25, 0.3) is 0 Å². The van der Waals surface area contributed by atoms with Crippen LogP contribution >= 0.6 is 11.8 Å². The fourth-order valence-electron chi connectivity index (χ4n) is 0.925. The Kier molecular flexibility index (Phi) is 3.79. The van der Waals surface area contributed by atoms with Crippen LogP contribution in [0.15, 0.2) is 29.2 Å². The number of aliphatic hydroxyl groups is 1. The van der Waals surface area contributed by atoms with E-state index in [4.69, 9.17) is 10.2 Å². The van der Waals surface area contributed by atoms with Gasteiger partial charge in [-0.3, -0.25) is 0 Å². The molecule has 0 aromatic heterocycles. The molecule has 0 saturated heterocycles. The SMILES string of the molecule is O=C(O)c1ccccc1SCCO. The number of rotatable bonds is 4. The van der Waals surface area contributed by atoms with Crippen molar-refractivity contribution in [3.05, 3.63) is 29.8 Å². The number of carboxylic acid groups (broad SMARTS) is 1. The molecule has 2 N–H and O–H groups in total. The van der Waals surface area contributed by atoms with Gasteiger partial charge in [-0.2, -0.15) is 0 Å². The minimum atomic E-state index is -0.930. The largest absolute Gasteiger partial charge is 0.478 e. The van der Waals surface area contributed by atoms with Gasteiger partial charge in [-0.05, 0) is 12.1 Å². The maximum atomic E-state index is 10.7. The fraction of sp³-hybridized carbons (Fsp3) is 0.222. The van der Waals surface area contributed by atoms with Gasteiger partial charge in [0.2, 0.25) is 0 Å². The van der Waals surface area contributed by atoms with Crippen LogP contribution in [-0.4, -0.2) is 28.5 Å². The smallest absolute Gasteiger partial charge is 0.336 e. The Balaban J connectivity index is 2.84. The third-order valence-corrected chi connectivity index (χ3v) is 2.52. The zero-order valence-electron chi connectivity index (χ0n) is 6.93. The molecule has 0 aliphatic carbocycles. The molecule has 0 amide bonds. The van der Waals surface area contributed by atoms with Gasteiger partial charge in [0.05, 0.1) is 12.2 Å². The summed E-state index contributed by atoms with van der Waals surface area (Å²) < 4.78 is 0. The van der Waals surface area contributed by atoms with Crippen LogP contribution in [0, 0.1) is 0 Å². The van der Waals surface area contributed by atoms with Crippen molar-refractivity contribution >= 4 is 17.7 Å². The van der Waals surface area contributed by atoms with E-state index in [-0.39, 0.29) is 6.61 Å². The molecular formula is C9H10O3S. The molecule has 1 rings (SSSR count). The normalized spacial score (nSPS) is 9.92. The zero-order chi connectivity index (χ0) is 9.68. The van der Waals surface area contributed by atoms with Crippen LogP contribution < -0.4 is 0 Å². The van der Waals surface area contributed by atoms with Crippen molar-refractivity contribution < 1.29 is 15.0 Å². The molecule has 0 bridgehead atoms. The summed E-state index contributed by atoms with van der Waals surface area (Å²) in [6, 6.07) is 6.77. The summed E-state index contributed by atoms with van der Waals surface area (Å²) in [6.45, 7) is 0.0542. The predicted octanol–water partition coefficient (Wildman–Crippen LogP) is 1.47. The van der Waals surface area contributed by atoms with Crippen LogP contribution in [0.1, 0.15) is 10.4 Å². The Hall–Kier alpha value is -1.00. The third kappa shape index (κ3) is 2.75. The average Bonchev–Trinajstić information content (AvgIpc) is 2.15. The molecule has 0 aliphatic heterocycles. The Bertz CT molecular complexity index is 299. The predicted molar refractivity (Wildman–Crippen MR) is 51.2 cm³/mol. The summed E-state index contributed by atoms with van der Waals surface area (Å²) in [7, 11) is 0. The summed E-state index contributed by atoms with van der Waals surface area (Å²) in [5.74, 6) is -0.411. The van der Waals surface area contributed by atoms with Crippen LogP contribution in [0.4, 0.5) is 0 Å². The molecule has 0 spiro atoms. The van der Waals surface area contributed by atoms with Crippen LogP contribution in [0.2, 0.25) is 0 Å². The Morgan fingerprint density at radius 3 is 2.69 bits per heavy atom. The van der Waals surface area contributed by atoms with Crippen molar-refractivity contribution in [3.8, 4) is 0 Å². The maximum Gasteiger partial charge on any atom is 0.336 e. The van der Waals surface area contributed by atoms with Gasteiger partial charge in [-0.15, -0.1) is 11.8 Å². The van der Waals surface area contributed by atoms with Gasteiger partial charge in [0.1, 0.15) is 0 Å². The molecule has 0 unspecified atom stereocenters. The van der Waals surface area contributed by atoms with Gasteiger partial charge in [-0.1, -0.05) is 12.1 Å². The van der Waals surface area contributed by atoms with Gasteiger partial charge in [-0.25, -0.2) is 4.79 Å². The monoisotopic (exact) mass is 198 g/mol. The summed E-state index contributed by atoms with van der Waals surface area (Å²) >= 11 is 1.34. The molecule has 1 aromatic carbocycles. The minimum absolute atomic E-state index is 0.0542. The van der Waals surface area contributed by atoms with Crippen molar-refractivity contribution in [3.63, 3.8) is 0 Å². The fourth-order valence-corrected chi connectivity index (χ4v) is 1.72. The second-order valence-electron chi connectivity index (χ2n) is 2.37. The summed E-state index contributed by atoms with van der Waals surface area (Å²) in [5, 5.41) is 17.4. The van der Waals surface area contributed by atoms with E-state index < -0.39 is 5.97 Å². The molecule has 0 aliphatic rings. The van der Waals surface area contributed by atoms with Crippen molar-refractivity contribution in [2.45, 2.75) is 4.90 Å². The first kappa shape index (κ1) is 10.1. The average molecular weight is 198 g/mol. The van der Waals surface area contributed by atoms with E-state index in [0.717, 1.165) is 0 Å². The van der Waals surface area contributed by atoms with Crippen molar-refractivity contribution in [1.82, 2.24) is 0 Å². The molecule has 4 heteroatoms. The second-order valence-corrected chi connectivity index (χ2v) is 3.51. The highest BCUT2D eigenvalue weighted by atomic mass is 32.2. The molecule has 3 nitrogen and oxygen atoms in total. The number of benzene rings is 1. The molecular weight excluding hydrogens is 188 g/mol. The molecule has 0 radical (unpaired) electrons. The lowest BCUT2D eigenvalue weighted by atomic mass is 10.2. The number of hydrogen-bond acceptors (Lipinski definition) is 3. The minimum Gasteiger partial charge on any atom is -0.478 e. The Labute approximate surface area is 80.4 Å². The first-order valence-corrected chi connectivity index (χ1v) is 4.80. The number of carboxylic acids is 1. The van der Waals surface area contributed by atoms with Gasteiger partial charge < -0.3 is 10.2 Å². The van der Waals surface area contributed by atoms with E-state index in [0.29, 0.717) is 16.2 Å². The van der Waals surface area contributed by atoms with Crippen LogP contribution in [0.5, 0.6) is 0 Å². The molecule has 0 saturated carbocycles. The lowest BCUT2D eigenvalue weighted by Crippen LogP contribution is -1.99. The molecule has 13 heavy (non-hydrogen) atoms. The number of hydrogen-bond donors (Lipinski definition) is 2. The van der Waals surface area contributed by atoms with Gasteiger partial charge in [0.15, 0.2) is 0 Å². The lowest BCUT2D eigenvalue weighted by Gasteiger charge is -2.03. The third-order valence-electron chi connectivity index (χ3n) is 1.47. The van der Waals surface area contributed by atoms with Crippen molar-refractivity contribution in [2.75, 3.05) is 12.4 Å². The van der Waals surface area contributed by atoms with E-state index >= 15 is 0 Å². The standard InChI is InChI=1S/C9H10O3S/c10-5-6-13-8-4-2-1-3-7(8)9(11)12/h1-4,10H,5-6H2,(H,11,12). The molecule has 0 atom stereocenters. The van der Waals surface area contributed by atoms with E-state index in [2.05, 4.69) is 0 Å². The Morgan fingerprint density at radius 1 is 1.38 bits per heavy atom. The van der Waals surface area contributed by atoms with Gasteiger partial charge in [0, 0.05) is 10.6 Å². The van der Waals surface area contributed by atoms with Gasteiger partial charge in [0.25, 0.3) is 0 Å². The van der Waals surface area contributed by atoms with E-state index in [9.17, 15) is 4.79 Å². The first-order chi connectivity index (χ1) is 6.25. The van der Waals surface area contributed by atoms with Crippen LogP contribution in [-0.2, 0) is 0 Å². The van der Waals surface area contributed by atoms with E-state index in [1.807, 2.05) is 0 Å². The summed E-state index contributed by atoms with van der Waals surface area (Å²) in [4.78, 5) is 11.4. The highest BCUT2D eigenvalue weighted by molar-refractivity contribution is 7.99. The zero-order valence-corrected chi connectivity index (χ0v) is 7.75. The number of aliphatic hydroxyl groups excluding tert-OH is 1. The maximum absolute atomic E-state index is 10.7.